The molecule has 2 aromatic heterocycles. The molecule has 3 aromatic rings. The van der Waals surface area contributed by atoms with E-state index in [2.05, 4.69) is 20.3 Å². The lowest BCUT2D eigenvalue weighted by Gasteiger charge is -2.09. The topological polar surface area (TPSA) is 93.8 Å². The molecule has 25 heavy (non-hydrogen) atoms. The minimum Gasteiger partial charge on any atom is -0.332 e. The number of halogens is 2. The van der Waals surface area contributed by atoms with Crippen LogP contribution >= 0.6 is 35.0 Å². The SMILES string of the molecule is O=[N+]([O-])c1c(Nc2cccnc2Cl)ncnc1Sc1ccc(Cl)cc1. The Labute approximate surface area is 156 Å². The number of anilines is 2. The molecule has 0 atom stereocenters. The number of aromatic nitrogens is 3. The quantitative estimate of drug-likeness (QED) is 0.282. The van der Waals surface area contributed by atoms with Crippen LogP contribution in [0.1, 0.15) is 0 Å². The van der Waals surface area contributed by atoms with Crippen LogP contribution in [-0.2, 0) is 0 Å². The molecule has 0 amide bonds. The predicted molar refractivity (Wildman–Crippen MR) is 96.8 cm³/mol. The van der Waals surface area contributed by atoms with Crippen molar-refractivity contribution in [2.75, 3.05) is 5.32 Å². The van der Waals surface area contributed by atoms with Crippen molar-refractivity contribution < 1.29 is 4.92 Å². The molecule has 0 aliphatic heterocycles. The largest absolute Gasteiger partial charge is 0.343 e. The highest BCUT2D eigenvalue weighted by atomic mass is 35.5. The van der Waals surface area contributed by atoms with Crippen LogP contribution in [0.5, 0.6) is 0 Å². The van der Waals surface area contributed by atoms with Crippen LogP contribution in [0, 0.1) is 10.1 Å². The zero-order valence-corrected chi connectivity index (χ0v) is 14.7. The van der Waals surface area contributed by atoms with Crippen molar-refractivity contribution in [2.45, 2.75) is 9.92 Å². The van der Waals surface area contributed by atoms with Crippen LogP contribution < -0.4 is 5.32 Å². The first-order chi connectivity index (χ1) is 12.0. The molecule has 0 aliphatic rings. The summed E-state index contributed by atoms with van der Waals surface area (Å²) in [5, 5.41) is 15.4. The van der Waals surface area contributed by atoms with Gasteiger partial charge in [-0.2, -0.15) is 0 Å². The summed E-state index contributed by atoms with van der Waals surface area (Å²) >= 11 is 13.0. The Bertz CT molecular complexity index is 924. The standard InChI is InChI=1S/C15H9Cl2N5O2S/c16-9-3-5-10(6-4-9)25-15-12(22(23)24)14(19-8-20-15)21-11-2-1-7-18-13(11)17/h1-8H,(H,19,20,21). The van der Waals surface area contributed by atoms with Gasteiger partial charge in [-0.15, -0.1) is 0 Å². The van der Waals surface area contributed by atoms with E-state index in [0.29, 0.717) is 10.7 Å². The minimum absolute atomic E-state index is 0.0337. The Morgan fingerprint density at radius 1 is 1.08 bits per heavy atom. The maximum atomic E-state index is 11.6. The van der Waals surface area contributed by atoms with Gasteiger partial charge >= 0.3 is 5.69 Å². The second-order valence-corrected chi connectivity index (χ2v) is 6.51. The Morgan fingerprint density at radius 2 is 1.84 bits per heavy atom. The molecule has 3 rings (SSSR count). The number of nitrogens with one attached hydrogen (secondary N) is 1. The van der Waals surface area contributed by atoms with Crippen LogP contribution in [0.4, 0.5) is 17.2 Å². The number of nitrogens with zero attached hydrogens (tertiary/aromatic N) is 4. The maximum absolute atomic E-state index is 11.6. The van der Waals surface area contributed by atoms with Crippen LogP contribution in [0.2, 0.25) is 10.2 Å². The Balaban J connectivity index is 1.98. The van der Waals surface area contributed by atoms with Crippen LogP contribution in [0.25, 0.3) is 0 Å². The summed E-state index contributed by atoms with van der Waals surface area (Å²) in [6, 6.07) is 10.2. The predicted octanol–water partition coefficient (Wildman–Crippen LogP) is 4.98. The highest BCUT2D eigenvalue weighted by molar-refractivity contribution is 7.99. The fourth-order valence-corrected chi connectivity index (χ4v) is 3.07. The number of rotatable bonds is 5. The zero-order chi connectivity index (χ0) is 17.8. The van der Waals surface area contributed by atoms with Crippen molar-refractivity contribution in [3.8, 4) is 0 Å². The molecule has 0 radical (unpaired) electrons. The van der Waals surface area contributed by atoms with E-state index in [-0.39, 0.29) is 21.7 Å². The molecule has 10 heteroatoms. The van der Waals surface area contributed by atoms with Gasteiger partial charge in [-0.3, -0.25) is 10.1 Å². The highest BCUT2D eigenvalue weighted by Crippen LogP contribution is 2.38. The molecular formula is C15H9Cl2N5O2S. The van der Waals surface area contributed by atoms with Crippen molar-refractivity contribution in [2.24, 2.45) is 0 Å². The van der Waals surface area contributed by atoms with E-state index in [0.717, 1.165) is 16.7 Å². The van der Waals surface area contributed by atoms with Gasteiger partial charge in [0.25, 0.3) is 0 Å². The summed E-state index contributed by atoms with van der Waals surface area (Å²) in [6.45, 7) is 0. The van der Waals surface area contributed by atoms with Gasteiger partial charge < -0.3 is 5.32 Å². The molecule has 1 aromatic carbocycles. The van der Waals surface area contributed by atoms with E-state index in [1.165, 1.54) is 12.5 Å². The lowest BCUT2D eigenvalue weighted by Crippen LogP contribution is -2.03. The van der Waals surface area contributed by atoms with E-state index in [4.69, 9.17) is 23.2 Å². The normalized spacial score (nSPS) is 10.5. The summed E-state index contributed by atoms with van der Waals surface area (Å²) < 4.78 is 0. The second kappa shape index (κ2) is 7.64. The molecule has 0 spiro atoms. The van der Waals surface area contributed by atoms with E-state index in [1.54, 1.807) is 36.4 Å². The van der Waals surface area contributed by atoms with E-state index >= 15 is 0 Å². The third-order valence-corrected chi connectivity index (χ3v) is 4.56. The summed E-state index contributed by atoms with van der Waals surface area (Å²) in [5.41, 5.74) is 0.163. The first-order valence-electron chi connectivity index (χ1n) is 6.85. The first kappa shape index (κ1) is 17.4. The lowest BCUT2D eigenvalue weighted by molar-refractivity contribution is -0.387. The van der Waals surface area contributed by atoms with Gasteiger partial charge in [0.15, 0.2) is 10.2 Å². The first-order valence-corrected chi connectivity index (χ1v) is 8.42. The van der Waals surface area contributed by atoms with Gasteiger partial charge in [-0.1, -0.05) is 35.0 Å². The molecule has 0 unspecified atom stereocenters. The Hall–Kier alpha value is -2.42. The number of hydrogen-bond donors (Lipinski definition) is 1. The molecular weight excluding hydrogens is 385 g/mol. The van der Waals surface area contributed by atoms with Crippen molar-refractivity contribution in [1.29, 1.82) is 0 Å². The monoisotopic (exact) mass is 393 g/mol. The van der Waals surface area contributed by atoms with Gasteiger partial charge in [0.2, 0.25) is 5.82 Å². The zero-order valence-electron chi connectivity index (χ0n) is 12.4. The smallest absolute Gasteiger partial charge is 0.332 e. The van der Waals surface area contributed by atoms with Gasteiger partial charge in [0.1, 0.15) is 6.33 Å². The highest BCUT2D eigenvalue weighted by Gasteiger charge is 2.24. The number of pyridine rings is 1. The van der Waals surface area contributed by atoms with Crippen molar-refractivity contribution >= 4 is 52.2 Å². The molecule has 126 valence electrons. The average molecular weight is 394 g/mol. The second-order valence-electron chi connectivity index (χ2n) is 4.66. The summed E-state index contributed by atoms with van der Waals surface area (Å²) in [6.07, 6.45) is 2.77. The van der Waals surface area contributed by atoms with Crippen LogP contribution in [-0.4, -0.2) is 19.9 Å². The third-order valence-electron chi connectivity index (χ3n) is 3.01. The molecule has 7 nitrogen and oxygen atoms in total. The third kappa shape index (κ3) is 4.16. The summed E-state index contributed by atoms with van der Waals surface area (Å²) in [5.74, 6) is 0.0337. The fourth-order valence-electron chi connectivity index (χ4n) is 1.91. The van der Waals surface area contributed by atoms with Crippen molar-refractivity contribution in [1.82, 2.24) is 15.0 Å². The van der Waals surface area contributed by atoms with Gasteiger partial charge in [0, 0.05) is 16.1 Å². The molecule has 0 saturated heterocycles. The molecule has 2 heterocycles. The molecule has 0 saturated carbocycles. The van der Waals surface area contributed by atoms with Gasteiger partial charge in [-0.05, 0) is 36.4 Å². The Kier molecular flexibility index (Phi) is 5.32. The summed E-state index contributed by atoms with van der Waals surface area (Å²) in [7, 11) is 0. The summed E-state index contributed by atoms with van der Waals surface area (Å²) in [4.78, 5) is 23.7. The lowest BCUT2D eigenvalue weighted by atomic mass is 10.4. The van der Waals surface area contributed by atoms with Gasteiger partial charge in [0.05, 0.1) is 10.6 Å². The van der Waals surface area contributed by atoms with E-state index in [9.17, 15) is 10.1 Å². The van der Waals surface area contributed by atoms with Crippen LogP contribution in [0.15, 0.2) is 58.8 Å². The minimum atomic E-state index is -0.537. The van der Waals surface area contributed by atoms with Gasteiger partial charge in [-0.25, -0.2) is 15.0 Å². The van der Waals surface area contributed by atoms with E-state index < -0.39 is 4.92 Å². The molecule has 0 fully saturated rings. The van der Waals surface area contributed by atoms with Crippen molar-refractivity contribution in [3.63, 3.8) is 0 Å². The van der Waals surface area contributed by atoms with Crippen molar-refractivity contribution in [3.05, 3.63) is 69.2 Å². The van der Waals surface area contributed by atoms with E-state index in [1.807, 2.05) is 0 Å². The Morgan fingerprint density at radius 3 is 2.52 bits per heavy atom. The molecule has 1 N–H and O–H groups in total. The molecule has 0 bridgehead atoms. The maximum Gasteiger partial charge on any atom is 0.343 e. The van der Waals surface area contributed by atoms with Crippen LogP contribution in [0.3, 0.4) is 0 Å². The fraction of sp³-hybridized carbons (Fsp3) is 0. The average Bonchev–Trinajstić information content (AvgIpc) is 2.59. The number of hydrogen-bond acceptors (Lipinski definition) is 7. The molecule has 0 aliphatic carbocycles. The number of nitro groups is 1. The number of benzene rings is 1.